The van der Waals surface area contributed by atoms with Crippen molar-refractivity contribution in [2.45, 2.75) is 32.0 Å². The lowest BCUT2D eigenvalue weighted by Gasteiger charge is -2.28. The maximum Gasteiger partial charge on any atom is 0.124 e. The van der Waals surface area contributed by atoms with Gasteiger partial charge in [-0.25, -0.2) is 0 Å². The van der Waals surface area contributed by atoms with Crippen molar-refractivity contribution in [3.05, 3.63) is 23.8 Å². The van der Waals surface area contributed by atoms with Gasteiger partial charge in [0.2, 0.25) is 0 Å². The van der Waals surface area contributed by atoms with Crippen molar-refractivity contribution in [1.82, 2.24) is 4.90 Å². The second-order valence-corrected chi connectivity index (χ2v) is 5.71. The summed E-state index contributed by atoms with van der Waals surface area (Å²) in [4.78, 5) is 2.31. The number of hydrogen-bond acceptors (Lipinski definition) is 5. The van der Waals surface area contributed by atoms with Crippen LogP contribution in [0.15, 0.2) is 18.2 Å². The summed E-state index contributed by atoms with van der Waals surface area (Å²) in [5.74, 6) is 1.54. The number of aliphatic hydroxyl groups excluding tert-OH is 1. The Labute approximate surface area is 144 Å². The van der Waals surface area contributed by atoms with Gasteiger partial charge < -0.3 is 24.2 Å². The lowest BCUT2D eigenvalue weighted by molar-refractivity contribution is 0.00663. The van der Waals surface area contributed by atoms with Gasteiger partial charge in [0.25, 0.3) is 0 Å². The Morgan fingerprint density at radius 3 is 2.52 bits per heavy atom. The standard InChI is InChI=1S/C17H27NO4.ClH/c1-20-16-6-7-17(21-2)14(10-16)12-22-13-15(19)11-18-8-4-3-5-9-18;/h6-7,10,15,19H,3-5,8-9,11-13H2,1-2H3;1H. The van der Waals surface area contributed by atoms with E-state index in [1.165, 1.54) is 19.3 Å². The molecule has 2 rings (SSSR count). The number of hydrogen-bond donors (Lipinski definition) is 1. The van der Waals surface area contributed by atoms with Crippen molar-refractivity contribution in [2.24, 2.45) is 0 Å². The molecule has 1 aliphatic heterocycles. The number of ether oxygens (including phenoxy) is 3. The molecule has 0 aromatic heterocycles. The van der Waals surface area contributed by atoms with Crippen molar-refractivity contribution < 1.29 is 19.3 Å². The first kappa shape index (κ1) is 20.0. The molecule has 1 atom stereocenters. The molecular formula is C17H28ClNO4. The topological polar surface area (TPSA) is 51.2 Å². The van der Waals surface area contributed by atoms with Crippen LogP contribution in [-0.4, -0.2) is 56.6 Å². The van der Waals surface area contributed by atoms with Gasteiger partial charge in [-0.05, 0) is 44.1 Å². The predicted molar refractivity (Wildman–Crippen MR) is 92.7 cm³/mol. The number of aliphatic hydroxyl groups is 1. The van der Waals surface area contributed by atoms with Gasteiger partial charge in [-0.15, -0.1) is 12.4 Å². The summed E-state index contributed by atoms with van der Waals surface area (Å²) in [6.45, 7) is 3.59. The molecule has 0 spiro atoms. The highest BCUT2D eigenvalue weighted by Gasteiger charge is 2.15. The molecule has 0 saturated carbocycles. The SMILES string of the molecule is COc1ccc(OC)c(COCC(O)CN2CCCCC2)c1.Cl. The van der Waals surface area contributed by atoms with E-state index in [0.717, 1.165) is 30.2 Å². The van der Waals surface area contributed by atoms with Gasteiger partial charge in [-0.1, -0.05) is 6.42 Å². The fourth-order valence-electron chi connectivity index (χ4n) is 2.79. The minimum absolute atomic E-state index is 0. The van der Waals surface area contributed by atoms with Crippen LogP contribution in [0, 0.1) is 0 Å². The van der Waals surface area contributed by atoms with Crippen LogP contribution in [0.3, 0.4) is 0 Å². The van der Waals surface area contributed by atoms with Crippen LogP contribution in [0.5, 0.6) is 11.5 Å². The molecular weight excluding hydrogens is 318 g/mol. The summed E-state index contributed by atoms with van der Waals surface area (Å²) in [7, 11) is 3.27. The summed E-state index contributed by atoms with van der Waals surface area (Å²) >= 11 is 0. The van der Waals surface area contributed by atoms with Crippen LogP contribution in [-0.2, 0) is 11.3 Å². The first-order valence-corrected chi connectivity index (χ1v) is 7.92. The Hall–Kier alpha value is -1.01. The highest BCUT2D eigenvalue weighted by atomic mass is 35.5. The first-order valence-electron chi connectivity index (χ1n) is 7.92. The zero-order valence-corrected chi connectivity index (χ0v) is 14.8. The molecule has 6 heteroatoms. The summed E-state index contributed by atoms with van der Waals surface area (Å²) in [6.07, 6.45) is 3.32. The summed E-state index contributed by atoms with van der Waals surface area (Å²) in [5.41, 5.74) is 0.923. The van der Waals surface area contributed by atoms with Gasteiger partial charge in [-0.3, -0.25) is 0 Å². The second kappa shape index (κ2) is 10.7. The van der Waals surface area contributed by atoms with E-state index >= 15 is 0 Å². The number of nitrogens with zero attached hydrogens (tertiary/aromatic N) is 1. The van der Waals surface area contributed by atoms with E-state index in [-0.39, 0.29) is 12.4 Å². The minimum atomic E-state index is -0.449. The molecule has 5 nitrogen and oxygen atoms in total. The quantitative estimate of drug-likeness (QED) is 0.784. The van der Waals surface area contributed by atoms with Gasteiger partial charge in [0, 0.05) is 12.1 Å². The first-order chi connectivity index (χ1) is 10.7. The molecule has 0 radical (unpaired) electrons. The summed E-state index contributed by atoms with van der Waals surface area (Å²) in [5, 5.41) is 10.1. The maximum atomic E-state index is 10.1. The Bertz CT molecular complexity index is 452. The summed E-state index contributed by atoms with van der Waals surface area (Å²) < 4.78 is 16.2. The Morgan fingerprint density at radius 1 is 1.13 bits per heavy atom. The average molecular weight is 346 g/mol. The monoisotopic (exact) mass is 345 g/mol. The molecule has 1 unspecified atom stereocenters. The highest BCUT2D eigenvalue weighted by Crippen LogP contribution is 2.24. The third-order valence-electron chi connectivity index (χ3n) is 3.97. The van der Waals surface area contributed by atoms with Crippen molar-refractivity contribution in [1.29, 1.82) is 0 Å². The zero-order chi connectivity index (χ0) is 15.8. The molecule has 132 valence electrons. The average Bonchev–Trinajstić information content (AvgIpc) is 2.55. The molecule has 1 aromatic rings. The van der Waals surface area contributed by atoms with Gasteiger partial charge in [0.1, 0.15) is 11.5 Å². The molecule has 1 heterocycles. The van der Waals surface area contributed by atoms with E-state index in [4.69, 9.17) is 14.2 Å². The lowest BCUT2D eigenvalue weighted by Crippen LogP contribution is -2.38. The number of benzene rings is 1. The predicted octanol–water partition coefficient (Wildman–Crippen LogP) is 2.49. The highest BCUT2D eigenvalue weighted by molar-refractivity contribution is 5.85. The fraction of sp³-hybridized carbons (Fsp3) is 0.647. The van der Waals surface area contributed by atoms with Crippen molar-refractivity contribution in [3.8, 4) is 11.5 Å². The molecule has 1 saturated heterocycles. The van der Waals surface area contributed by atoms with E-state index in [2.05, 4.69) is 4.90 Å². The third kappa shape index (κ3) is 6.55. The Kier molecular flexibility index (Phi) is 9.33. The lowest BCUT2D eigenvalue weighted by atomic mass is 10.1. The smallest absolute Gasteiger partial charge is 0.124 e. The minimum Gasteiger partial charge on any atom is -0.497 e. The molecule has 23 heavy (non-hydrogen) atoms. The molecule has 1 N–H and O–H groups in total. The number of likely N-dealkylation sites (tertiary alicyclic amines) is 1. The third-order valence-corrected chi connectivity index (χ3v) is 3.97. The number of halogens is 1. The van der Waals surface area contributed by atoms with E-state index in [1.807, 2.05) is 18.2 Å². The van der Waals surface area contributed by atoms with Crippen LogP contribution < -0.4 is 9.47 Å². The van der Waals surface area contributed by atoms with Gasteiger partial charge >= 0.3 is 0 Å². The molecule has 1 fully saturated rings. The van der Waals surface area contributed by atoms with E-state index in [1.54, 1.807) is 14.2 Å². The number of methoxy groups -OCH3 is 2. The molecule has 0 amide bonds. The maximum absolute atomic E-state index is 10.1. The number of piperidine rings is 1. The van der Waals surface area contributed by atoms with E-state index in [9.17, 15) is 5.11 Å². The number of rotatable bonds is 8. The van der Waals surface area contributed by atoms with Crippen LogP contribution in [0.2, 0.25) is 0 Å². The number of β-amino-alcohol motifs (C(OH)–C–C–N with tert-alkyl or cyclic N) is 1. The van der Waals surface area contributed by atoms with Crippen molar-refractivity contribution in [2.75, 3.05) is 40.5 Å². The molecule has 0 aliphatic carbocycles. The molecule has 1 aromatic carbocycles. The summed E-state index contributed by atoms with van der Waals surface area (Å²) in [6, 6.07) is 5.62. The molecule has 0 bridgehead atoms. The van der Waals surface area contributed by atoms with E-state index in [0.29, 0.717) is 19.8 Å². The normalized spacial score (nSPS) is 16.5. The van der Waals surface area contributed by atoms with Crippen molar-refractivity contribution >= 4 is 12.4 Å². The van der Waals surface area contributed by atoms with Gasteiger partial charge in [-0.2, -0.15) is 0 Å². The Balaban J connectivity index is 0.00000264. The van der Waals surface area contributed by atoms with Gasteiger partial charge in [0.05, 0.1) is 33.5 Å². The van der Waals surface area contributed by atoms with Crippen molar-refractivity contribution in [3.63, 3.8) is 0 Å². The van der Waals surface area contributed by atoms with Crippen LogP contribution in [0.1, 0.15) is 24.8 Å². The second-order valence-electron chi connectivity index (χ2n) is 5.71. The van der Waals surface area contributed by atoms with Crippen LogP contribution >= 0.6 is 12.4 Å². The van der Waals surface area contributed by atoms with Gasteiger partial charge in [0.15, 0.2) is 0 Å². The Morgan fingerprint density at radius 2 is 1.87 bits per heavy atom. The van der Waals surface area contributed by atoms with E-state index < -0.39 is 6.10 Å². The fourth-order valence-corrected chi connectivity index (χ4v) is 2.79. The zero-order valence-electron chi connectivity index (χ0n) is 14.0. The van der Waals surface area contributed by atoms with Crippen LogP contribution in [0.4, 0.5) is 0 Å². The van der Waals surface area contributed by atoms with Crippen LogP contribution in [0.25, 0.3) is 0 Å². The largest absolute Gasteiger partial charge is 0.497 e. The molecule has 1 aliphatic rings.